The molecule has 2 aliphatic rings. The lowest BCUT2D eigenvalue weighted by Gasteiger charge is -2.36. The van der Waals surface area contributed by atoms with Gasteiger partial charge in [0.15, 0.2) is 5.17 Å². The highest BCUT2D eigenvalue weighted by molar-refractivity contribution is 8.14. The maximum atomic E-state index is 5.70. The minimum atomic E-state index is -0.153. The van der Waals surface area contributed by atoms with Crippen LogP contribution in [0, 0.1) is 5.92 Å². The lowest BCUT2D eigenvalue weighted by molar-refractivity contribution is -0.00210. The van der Waals surface area contributed by atoms with Gasteiger partial charge in [-0.3, -0.25) is 4.99 Å². The van der Waals surface area contributed by atoms with E-state index in [4.69, 9.17) is 9.73 Å². The second-order valence-electron chi connectivity index (χ2n) is 6.71. The fourth-order valence-electron chi connectivity index (χ4n) is 3.19. The van der Waals surface area contributed by atoms with Gasteiger partial charge in [0, 0.05) is 17.9 Å². The average Bonchev–Trinajstić information content (AvgIpc) is 2.70. The Labute approximate surface area is 122 Å². The molecule has 2 unspecified atom stereocenters. The highest BCUT2D eigenvalue weighted by Crippen LogP contribution is 2.38. The Morgan fingerprint density at radius 3 is 3.00 bits per heavy atom. The summed E-state index contributed by atoms with van der Waals surface area (Å²) in [5.74, 6) is 2.03. The molecule has 3 nitrogen and oxygen atoms in total. The summed E-state index contributed by atoms with van der Waals surface area (Å²) >= 11 is 1.89. The normalized spacial score (nSPS) is 33.9. The quantitative estimate of drug-likeness (QED) is 0.858. The Morgan fingerprint density at radius 1 is 1.53 bits per heavy atom. The van der Waals surface area contributed by atoms with Crippen molar-refractivity contribution in [3.8, 4) is 0 Å². The van der Waals surface area contributed by atoms with E-state index in [0.29, 0.717) is 5.54 Å². The molecule has 4 heteroatoms. The van der Waals surface area contributed by atoms with Crippen molar-refractivity contribution in [1.82, 2.24) is 5.32 Å². The first-order chi connectivity index (χ1) is 8.95. The number of aliphatic imine (C=N–C) groups is 1. The molecule has 1 aliphatic carbocycles. The molecule has 0 amide bonds. The van der Waals surface area contributed by atoms with Crippen molar-refractivity contribution in [3.63, 3.8) is 0 Å². The third-order valence-electron chi connectivity index (χ3n) is 4.09. The number of rotatable bonds is 4. The number of hydrogen-bond donors (Lipinski definition) is 1. The van der Waals surface area contributed by atoms with E-state index in [9.17, 15) is 0 Å². The van der Waals surface area contributed by atoms with Crippen molar-refractivity contribution < 1.29 is 4.74 Å². The van der Waals surface area contributed by atoms with Gasteiger partial charge in [-0.1, -0.05) is 31.5 Å². The van der Waals surface area contributed by atoms with Crippen LogP contribution in [-0.4, -0.2) is 35.2 Å². The predicted molar refractivity (Wildman–Crippen MR) is 84.0 cm³/mol. The molecule has 0 aromatic carbocycles. The molecule has 1 heterocycles. The Bertz CT molecular complexity index is 343. The monoisotopic (exact) mass is 284 g/mol. The molecule has 19 heavy (non-hydrogen) atoms. The summed E-state index contributed by atoms with van der Waals surface area (Å²) in [4.78, 5) is 4.73. The maximum absolute atomic E-state index is 5.70. The third-order valence-corrected chi connectivity index (χ3v) is 5.29. The van der Waals surface area contributed by atoms with Crippen molar-refractivity contribution in [2.45, 2.75) is 64.5 Å². The number of thioether (sulfide) groups is 1. The average molecular weight is 284 g/mol. The van der Waals surface area contributed by atoms with Gasteiger partial charge in [-0.25, -0.2) is 0 Å². The van der Waals surface area contributed by atoms with Crippen molar-refractivity contribution in [2.24, 2.45) is 10.9 Å². The van der Waals surface area contributed by atoms with Crippen LogP contribution in [-0.2, 0) is 4.74 Å². The fourth-order valence-corrected chi connectivity index (χ4v) is 4.39. The van der Waals surface area contributed by atoms with Crippen LogP contribution in [0.3, 0.4) is 0 Å². The number of amidine groups is 1. The van der Waals surface area contributed by atoms with Crippen molar-refractivity contribution in [1.29, 1.82) is 0 Å². The summed E-state index contributed by atoms with van der Waals surface area (Å²) in [6.45, 7) is 10.1. The van der Waals surface area contributed by atoms with Gasteiger partial charge >= 0.3 is 0 Å². The highest BCUT2D eigenvalue weighted by atomic mass is 32.2. The van der Waals surface area contributed by atoms with E-state index in [0.717, 1.165) is 24.2 Å². The van der Waals surface area contributed by atoms with Crippen LogP contribution in [0.4, 0.5) is 0 Å². The molecule has 0 bridgehead atoms. The van der Waals surface area contributed by atoms with E-state index >= 15 is 0 Å². The summed E-state index contributed by atoms with van der Waals surface area (Å²) in [5, 5.41) is 4.84. The predicted octanol–water partition coefficient (Wildman–Crippen LogP) is 3.44. The van der Waals surface area contributed by atoms with Crippen LogP contribution in [0.2, 0.25) is 0 Å². The Kier molecular flexibility index (Phi) is 4.83. The summed E-state index contributed by atoms with van der Waals surface area (Å²) in [6.07, 6.45) is 5.34. The minimum Gasteiger partial charge on any atom is -0.374 e. The van der Waals surface area contributed by atoms with Crippen LogP contribution in [0.25, 0.3) is 0 Å². The Hall–Kier alpha value is -0.220. The molecule has 0 aromatic heterocycles. The lowest BCUT2D eigenvalue weighted by Crippen LogP contribution is -2.47. The van der Waals surface area contributed by atoms with Crippen LogP contribution < -0.4 is 5.32 Å². The number of nitrogens with one attached hydrogen (secondary N) is 1. The third kappa shape index (κ3) is 4.12. The largest absolute Gasteiger partial charge is 0.374 e. The first kappa shape index (κ1) is 15.2. The number of hydrogen-bond acceptors (Lipinski definition) is 3. The first-order valence-electron chi connectivity index (χ1n) is 7.54. The van der Waals surface area contributed by atoms with Crippen molar-refractivity contribution >= 4 is 16.9 Å². The van der Waals surface area contributed by atoms with Crippen LogP contribution in [0.1, 0.15) is 53.4 Å². The zero-order chi connectivity index (χ0) is 13.9. The van der Waals surface area contributed by atoms with Crippen LogP contribution >= 0.6 is 11.8 Å². The highest BCUT2D eigenvalue weighted by Gasteiger charge is 2.40. The smallest absolute Gasteiger partial charge is 0.157 e. The van der Waals surface area contributed by atoms with Gasteiger partial charge in [0.25, 0.3) is 0 Å². The molecular weight excluding hydrogens is 256 g/mol. The van der Waals surface area contributed by atoms with Gasteiger partial charge in [0.1, 0.15) is 0 Å². The molecule has 1 spiro atoms. The summed E-state index contributed by atoms with van der Waals surface area (Å²) in [6, 6.07) is 0. The number of ether oxygens (including phenoxy) is 1. The van der Waals surface area contributed by atoms with Gasteiger partial charge in [-0.15, -0.1) is 0 Å². The fraction of sp³-hybridized carbons (Fsp3) is 0.933. The van der Waals surface area contributed by atoms with Gasteiger partial charge in [0.05, 0.1) is 12.1 Å². The van der Waals surface area contributed by atoms with E-state index in [1.165, 1.54) is 31.4 Å². The molecule has 0 radical (unpaired) electrons. The minimum absolute atomic E-state index is 0.153. The molecule has 1 N–H and O–H groups in total. The standard InChI is InChI=1S/C15H28N2OS/c1-5-18-14(3,4)10-16-13-17-15(11-19-13)8-6-7-12(2)9-15/h12H,5-11H2,1-4H3,(H,16,17). The summed E-state index contributed by atoms with van der Waals surface area (Å²) < 4.78 is 5.70. The van der Waals surface area contributed by atoms with E-state index in [1.807, 2.05) is 18.7 Å². The first-order valence-corrected chi connectivity index (χ1v) is 8.53. The summed E-state index contributed by atoms with van der Waals surface area (Å²) in [5.41, 5.74) is 0.177. The zero-order valence-corrected chi connectivity index (χ0v) is 13.6. The molecule has 2 rings (SSSR count). The van der Waals surface area contributed by atoms with Gasteiger partial charge < -0.3 is 10.1 Å². The molecule has 110 valence electrons. The van der Waals surface area contributed by atoms with Crippen molar-refractivity contribution in [3.05, 3.63) is 0 Å². The zero-order valence-electron chi connectivity index (χ0n) is 12.8. The molecule has 1 aliphatic heterocycles. The van der Waals surface area contributed by atoms with Gasteiger partial charge in [-0.2, -0.15) is 0 Å². The topological polar surface area (TPSA) is 33.6 Å². The van der Waals surface area contributed by atoms with Crippen LogP contribution in [0.5, 0.6) is 0 Å². The number of nitrogens with zero attached hydrogens (tertiary/aromatic N) is 1. The molecular formula is C15H28N2OS. The lowest BCUT2D eigenvalue weighted by atomic mass is 9.78. The van der Waals surface area contributed by atoms with Gasteiger partial charge in [0.2, 0.25) is 0 Å². The van der Waals surface area contributed by atoms with Gasteiger partial charge in [-0.05, 0) is 39.5 Å². The van der Waals surface area contributed by atoms with E-state index in [1.54, 1.807) is 0 Å². The van der Waals surface area contributed by atoms with E-state index < -0.39 is 0 Å². The van der Waals surface area contributed by atoms with E-state index in [-0.39, 0.29) is 5.60 Å². The molecule has 2 fully saturated rings. The van der Waals surface area contributed by atoms with Crippen molar-refractivity contribution in [2.75, 3.05) is 18.9 Å². The molecule has 2 atom stereocenters. The van der Waals surface area contributed by atoms with E-state index in [2.05, 4.69) is 26.1 Å². The Balaban J connectivity index is 1.90. The molecule has 1 saturated carbocycles. The SMILES string of the molecule is CCOC(C)(C)CN=C1NC2(CCCC(C)C2)CS1. The molecule has 0 aromatic rings. The second-order valence-corrected chi connectivity index (χ2v) is 7.67. The van der Waals surface area contributed by atoms with Crippen LogP contribution in [0.15, 0.2) is 4.99 Å². The maximum Gasteiger partial charge on any atom is 0.157 e. The molecule has 1 saturated heterocycles. The Morgan fingerprint density at radius 2 is 2.32 bits per heavy atom. The summed E-state index contributed by atoms with van der Waals surface area (Å²) in [7, 11) is 0. The second kappa shape index (κ2) is 6.04.